The summed E-state index contributed by atoms with van der Waals surface area (Å²) in [6, 6.07) is 9.13. The molecule has 5 nitrogen and oxygen atoms in total. The smallest absolute Gasteiger partial charge is 0.356 e. The Balaban J connectivity index is 2.16. The minimum absolute atomic E-state index is 0.0305. The van der Waals surface area contributed by atoms with Crippen LogP contribution in [-0.4, -0.2) is 28.4 Å². The summed E-state index contributed by atoms with van der Waals surface area (Å²) in [7, 11) is 1.61. The Labute approximate surface area is 98.0 Å². The molecule has 0 bridgehead atoms. The number of aromatic nitrogens is 2. The molecule has 5 heteroatoms. The number of nitrogens with one attached hydrogen (secondary N) is 1. The molecule has 1 aromatic heterocycles. The molecule has 0 radical (unpaired) electrons. The van der Waals surface area contributed by atoms with Gasteiger partial charge in [0.05, 0.1) is 7.11 Å². The third-order valence-electron chi connectivity index (χ3n) is 2.38. The SMILES string of the molecule is COc1cccc(Cc2cc(C(=O)O)n[nH]2)c1. The van der Waals surface area contributed by atoms with Gasteiger partial charge in [0, 0.05) is 12.1 Å². The first-order valence-electron chi connectivity index (χ1n) is 5.09. The second-order valence-electron chi connectivity index (χ2n) is 3.61. The van der Waals surface area contributed by atoms with Crippen LogP contribution < -0.4 is 4.74 Å². The number of carboxylic acids is 1. The van der Waals surface area contributed by atoms with E-state index in [4.69, 9.17) is 9.84 Å². The maximum Gasteiger partial charge on any atom is 0.356 e. The molecule has 17 heavy (non-hydrogen) atoms. The number of aromatic carboxylic acids is 1. The molecule has 0 spiro atoms. The molecule has 0 fully saturated rings. The van der Waals surface area contributed by atoms with E-state index < -0.39 is 5.97 Å². The van der Waals surface area contributed by atoms with Crippen LogP contribution in [0.4, 0.5) is 0 Å². The molecule has 0 atom stereocenters. The summed E-state index contributed by atoms with van der Waals surface area (Å²) in [5.41, 5.74) is 1.82. The van der Waals surface area contributed by atoms with Crippen molar-refractivity contribution in [3.63, 3.8) is 0 Å². The van der Waals surface area contributed by atoms with Gasteiger partial charge in [0.2, 0.25) is 0 Å². The summed E-state index contributed by atoms with van der Waals surface area (Å²) in [5, 5.41) is 15.1. The zero-order chi connectivity index (χ0) is 12.3. The highest BCUT2D eigenvalue weighted by atomic mass is 16.5. The average Bonchev–Trinajstić information content (AvgIpc) is 2.78. The van der Waals surface area contributed by atoms with Crippen molar-refractivity contribution in [2.75, 3.05) is 7.11 Å². The number of aromatic amines is 1. The molecular formula is C12H12N2O3. The lowest BCUT2D eigenvalue weighted by atomic mass is 10.1. The van der Waals surface area contributed by atoms with E-state index in [0.29, 0.717) is 6.42 Å². The Morgan fingerprint density at radius 3 is 2.94 bits per heavy atom. The number of carboxylic acid groups (broad SMARTS) is 1. The molecule has 1 heterocycles. The molecule has 0 aliphatic heterocycles. The third kappa shape index (κ3) is 2.63. The zero-order valence-corrected chi connectivity index (χ0v) is 9.30. The minimum atomic E-state index is -1.03. The molecule has 0 aliphatic carbocycles. The second-order valence-corrected chi connectivity index (χ2v) is 3.61. The molecule has 1 aromatic carbocycles. The molecule has 0 unspecified atom stereocenters. The highest BCUT2D eigenvalue weighted by molar-refractivity contribution is 5.85. The van der Waals surface area contributed by atoms with Crippen LogP contribution in [0, 0.1) is 0 Å². The van der Waals surface area contributed by atoms with Crippen LogP contribution in [0.25, 0.3) is 0 Å². The van der Waals surface area contributed by atoms with E-state index in [0.717, 1.165) is 17.0 Å². The zero-order valence-electron chi connectivity index (χ0n) is 9.30. The fourth-order valence-electron chi connectivity index (χ4n) is 1.56. The molecule has 0 saturated carbocycles. The van der Waals surface area contributed by atoms with E-state index in [9.17, 15) is 4.79 Å². The Morgan fingerprint density at radius 2 is 2.29 bits per heavy atom. The number of methoxy groups -OCH3 is 1. The minimum Gasteiger partial charge on any atom is -0.497 e. The van der Waals surface area contributed by atoms with E-state index in [1.54, 1.807) is 7.11 Å². The van der Waals surface area contributed by atoms with Crippen LogP contribution in [0.1, 0.15) is 21.7 Å². The van der Waals surface area contributed by atoms with E-state index in [1.165, 1.54) is 6.07 Å². The summed E-state index contributed by atoms with van der Waals surface area (Å²) < 4.78 is 5.12. The van der Waals surface area contributed by atoms with Gasteiger partial charge in [-0.25, -0.2) is 4.79 Å². The fraction of sp³-hybridized carbons (Fsp3) is 0.167. The lowest BCUT2D eigenvalue weighted by Gasteiger charge is -2.02. The van der Waals surface area contributed by atoms with Gasteiger partial charge in [0.1, 0.15) is 5.75 Å². The van der Waals surface area contributed by atoms with Crippen LogP contribution in [0.5, 0.6) is 5.75 Å². The highest BCUT2D eigenvalue weighted by Crippen LogP contribution is 2.15. The maximum absolute atomic E-state index is 10.7. The van der Waals surface area contributed by atoms with Gasteiger partial charge >= 0.3 is 5.97 Å². The second kappa shape index (κ2) is 4.69. The van der Waals surface area contributed by atoms with Gasteiger partial charge < -0.3 is 9.84 Å². The number of hydrogen-bond donors (Lipinski definition) is 2. The van der Waals surface area contributed by atoms with Gasteiger partial charge in [-0.1, -0.05) is 12.1 Å². The molecule has 2 aromatic rings. The first-order chi connectivity index (χ1) is 8.19. The van der Waals surface area contributed by atoms with Crippen LogP contribution in [0.2, 0.25) is 0 Å². The van der Waals surface area contributed by atoms with Gasteiger partial charge in [0.15, 0.2) is 5.69 Å². The third-order valence-corrected chi connectivity index (χ3v) is 2.38. The molecule has 0 amide bonds. The van der Waals surface area contributed by atoms with Crippen molar-refractivity contribution in [1.29, 1.82) is 0 Å². The van der Waals surface area contributed by atoms with Gasteiger partial charge in [-0.3, -0.25) is 5.10 Å². The maximum atomic E-state index is 10.7. The van der Waals surface area contributed by atoms with E-state index >= 15 is 0 Å². The van der Waals surface area contributed by atoms with Crippen molar-refractivity contribution >= 4 is 5.97 Å². The van der Waals surface area contributed by atoms with Crippen LogP contribution in [0.15, 0.2) is 30.3 Å². The summed E-state index contributed by atoms with van der Waals surface area (Å²) in [5.74, 6) is -0.251. The summed E-state index contributed by atoms with van der Waals surface area (Å²) in [6.45, 7) is 0. The van der Waals surface area contributed by atoms with E-state index in [2.05, 4.69) is 10.2 Å². The highest BCUT2D eigenvalue weighted by Gasteiger charge is 2.08. The quantitative estimate of drug-likeness (QED) is 0.841. The fourth-order valence-corrected chi connectivity index (χ4v) is 1.56. The predicted molar refractivity (Wildman–Crippen MR) is 61.3 cm³/mol. The number of rotatable bonds is 4. The predicted octanol–water partition coefficient (Wildman–Crippen LogP) is 1.71. The number of nitrogens with zero attached hydrogens (tertiary/aromatic N) is 1. The van der Waals surface area contributed by atoms with Crippen LogP contribution >= 0.6 is 0 Å². The van der Waals surface area contributed by atoms with E-state index in [1.807, 2.05) is 24.3 Å². The Hall–Kier alpha value is -2.30. The monoisotopic (exact) mass is 232 g/mol. The van der Waals surface area contributed by atoms with Gasteiger partial charge in [-0.2, -0.15) is 5.10 Å². The Kier molecular flexibility index (Phi) is 3.09. The van der Waals surface area contributed by atoms with Crippen molar-refractivity contribution in [3.8, 4) is 5.75 Å². The molecule has 88 valence electrons. The van der Waals surface area contributed by atoms with Crippen LogP contribution in [-0.2, 0) is 6.42 Å². The van der Waals surface area contributed by atoms with Gasteiger partial charge in [0.25, 0.3) is 0 Å². The molecule has 0 saturated heterocycles. The van der Waals surface area contributed by atoms with Gasteiger partial charge in [-0.05, 0) is 23.8 Å². The van der Waals surface area contributed by atoms with Crippen molar-refractivity contribution in [1.82, 2.24) is 10.2 Å². The van der Waals surface area contributed by atoms with Crippen LogP contribution in [0.3, 0.4) is 0 Å². The number of ether oxygens (including phenoxy) is 1. The summed E-state index contributed by atoms with van der Waals surface area (Å²) in [4.78, 5) is 10.7. The normalized spacial score (nSPS) is 10.2. The number of H-pyrrole nitrogens is 1. The molecule has 0 aliphatic rings. The van der Waals surface area contributed by atoms with Gasteiger partial charge in [-0.15, -0.1) is 0 Å². The first kappa shape index (κ1) is 11.2. The van der Waals surface area contributed by atoms with Crippen molar-refractivity contribution in [2.45, 2.75) is 6.42 Å². The van der Waals surface area contributed by atoms with Crippen molar-refractivity contribution in [2.24, 2.45) is 0 Å². The Morgan fingerprint density at radius 1 is 1.47 bits per heavy atom. The number of benzene rings is 1. The molecular weight excluding hydrogens is 220 g/mol. The summed E-state index contributed by atoms with van der Waals surface area (Å²) >= 11 is 0. The topological polar surface area (TPSA) is 75.2 Å². The first-order valence-corrected chi connectivity index (χ1v) is 5.09. The lowest BCUT2D eigenvalue weighted by Crippen LogP contribution is -1.95. The lowest BCUT2D eigenvalue weighted by molar-refractivity contribution is 0.0690. The molecule has 2 N–H and O–H groups in total. The number of hydrogen-bond acceptors (Lipinski definition) is 3. The standard InChI is InChI=1S/C12H12N2O3/c1-17-10-4-2-3-8(6-10)5-9-7-11(12(15)16)14-13-9/h2-4,6-7H,5H2,1H3,(H,13,14)(H,15,16). The Bertz CT molecular complexity index is 534. The van der Waals surface area contributed by atoms with E-state index in [-0.39, 0.29) is 5.69 Å². The largest absolute Gasteiger partial charge is 0.497 e. The average molecular weight is 232 g/mol. The van der Waals surface area contributed by atoms with Crippen molar-refractivity contribution < 1.29 is 14.6 Å². The van der Waals surface area contributed by atoms with Crippen molar-refractivity contribution in [3.05, 3.63) is 47.3 Å². The molecule has 2 rings (SSSR count). The number of carbonyl (C=O) groups is 1. The summed E-state index contributed by atoms with van der Waals surface area (Å²) in [6.07, 6.45) is 0.595.